The van der Waals surface area contributed by atoms with Crippen LogP contribution in [0.15, 0.2) is 0 Å². The van der Waals surface area contributed by atoms with Gasteiger partial charge >= 0.3 is 12.0 Å². The van der Waals surface area contributed by atoms with E-state index in [0.29, 0.717) is 13.1 Å². The topological polar surface area (TPSA) is 84.6 Å². The van der Waals surface area contributed by atoms with E-state index in [9.17, 15) is 14.7 Å². The second kappa shape index (κ2) is 6.84. The van der Waals surface area contributed by atoms with Gasteiger partial charge in [-0.1, -0.05) is 0 Å². The van der Waals surface area contributed by atoms with E-state index in [1.54, 1.807) is 4.90 Å². The molecule has 2 amide bonds. The van der Waals surface area contributed by atoms with Crippen molar-refractivity contribution in [2.45, 2.75) is 39.7 Å². The van der Waals surface area contributed by atoms with E-state index in [0.717, 1.165) is 0 Å². The molecule has 0 unspecified atom stereocenters. The van der Waals surface area contributed by atoms with Gasteiger partial charge in [0.2, 0.25) is 0 Å². The quantitative estimate of drug-likeness (QED) is 0.780. The van der Waals surface area contributed by atoms with Gasteiger partial charge in [0, 0.05) is 19.6 Å². The number of aliphatic carboxylic acids is 1. The van der Waals surface area contributed by atoms with Crippen LogP contribution < -0.4 is 0 Å². The molecule has 0 spiro atoms. The molecule has 0 aromatic rings. The van der Waals surface area contributed by atoms with Crippen LogP contribution in [-0.2, 0) is 4.79 Å². The largest absolute Gasteiger partial charge is 0.480 e. The van der Waals surface area contributed by atoms with Gasteiger partial charge in [-0.15, -0.1) is 0 Å². The van der Waals surface area contributed by atoms with E-state index >= 15 is 0 Å². The first kappa shape index (κ1) is 16.2. The number of carboxylic acids is 1. The first-order chi connectivity index (χ1) is 8.32. The number of carbonyl (C=O) groups is 2. The number of rotatable bonds is 6. The van der Waals surface area contributed by atoms with E-state index in [2.05, 4.69) is 0 Å². The summed E-state index contributed by atoms with van der Waals surface area (Å²) in [6.07, 6.45) is 0.115. The number of nitrogens with zero attached hydrogens (tertiary/aromatic N) is 3. The Kier molecular flexibility index (Phi) is 6.17. The summed E-state index contributed by atoms with van der Waals surface area (Å²) >= 11 is 0. The maximum atomic E-state index is 12.2. The lowest BCUT2D eigenvalue weighted by Crippen LogP contribution is -2.57. The van der Waals surface area contributed by atoms with Crippen molar-refractivity contribution in [3.05, 3.63) is 0 Å². The minimum atomic E-state index is -1.32. The number of hydrogen-bond acceptors (Lipinski definition) is 3. The number of amides is 2. The summed E-state index contributed by atoms with van der Waals surface area (Å²) in [5, 5.41) is 17.8. The Labute approximate surface area is 108 Å². The Morgan fingerprint density at radius 2 is 1.78 bits per heavy atom. The molecule has 0 saturated carbocycles. The summed E-state index contributed by atoms with van der Waals surface area (Å²) in [6.45, 7) is 7.73. The Bertz CT molecular complexity index is 343. The van der Waals surface area contributed by atoms with Crippen LogP contribution in [0.2, 0.25) is 0 Å². The molecule has 0 aliphatic rings. The number of hydrogen-bond donors (Lipinski definition) is 1. The fraction of sp³-hybridized carbons (Fsp3) is 0.750. The van der Waals surface area contributed by atoms with Crippen molar-refractivity contribution in [3.63, 3.8) is 0 Å². The molecule has 0 aliphatic carbocycles. The smallest absolute Gasteiger partial charge is 0.329 e. The maximum Gasteiger partial charge on any atom is 0.329 e. The second-order valence-electron chi connectivity index (χ2n) is 4.38. The van der Waals surface area contributed by atoms with Gasteiger partial charge in [-0.25, -0.2) is 9.59 Å². The van der Waals surface area contributed by atoms with E-state index in [4.69, 9.17) is 5.26 Å². The summed E-state index contributed by atoms with van der Waals surface area (Å²) in [5.41, 5.74) is -1.32. The van der Waals surface area contributed by atoms with Crippen molar-refractivity contribution in [2.24, 2.45) is 0 Å². The van der Waals surface area contributed by atoms with Gasteiger partial charge in [0.15, 0.2) is 0 Å². The van der Waals surface area contributed by atoms with Gasteiger partial charge in [-0.2, -0.15) is 5.26 Å². The second-order valence-corrected chi connectivity index (χ2v) is 4.38. The van der Waals surface area contributed by atoms with Gasteiger partial charge < -0.3 is 14.9 Å². The molecule has 0 bridgehead atoms. The molecule has 18 heavy (non-hydrogen) atoms. The lowest BCUT2D eigenvalue weighted by Gasteiger charge is -2.37. The van der Waals surface area contributed by atoms with Gasteiger partial charge in [0.05, 0.1) is 12.5 Å². The monoisotopic (exact) mass is 255 g/mol. The van der Waals surface area contributed by atoms with Crippen LogP contribution in [0.3, 0.4) is 0 Å². The van der Waals surface area contributed by atoms with Crippen molar-refractivity contribution >= 4 is 12.0 Å². The molecule has 0 atom stereocenters. The third kappa shape index (κ3) is 3.62. The predicted octanol–water partition coefficient (Wildman–Crippen LogP) is 1.53. The van der Waals surface area contributed by atoms with Gasteiger partial charge in [0.1, 0.15) is 5.54 Å². The molecule has 0 fully saturated rings. The average Bonchev–Trinajstić information content (AvgIpc) is 2.30. The Balaban J connectivity index is 5.17. The molecule has 1 N–H and O–H groups in total. The molecule has 0 aromatic heterocycles. The van der Waals surface area contributed by atoms with Crippen LogP contribution >= 0.6 is 0 Å². The van der Waals surface area contributed by atoms with Gasteiger partial charge in [0.25, 0.3) is 0 Å². The van der Waals surface area contributed by atoms with Crippen LogP contribution in [0.1, 0.15) is 34.1 Å². The fourth-order valence-electron chi connectivity index (χ4n) is 1.56. The Hall–Kier alpha value is -1.77. The SMILES string of the molecule is CCN(CC)C(=O)N(CCC#N)C(C)(C)C(=O)O. The minimum absolute atomic E-state index is 0.115. The fourth-order valence-corrected chi connectivity index (χ4v) is 1.56. The number of carbonyl (C=O) groups excluding carboxylic acids is 1. The van der Waals surface area contributed by atoms with Crippen molar-refractivity contribution in [1.82, 2.24) is 9.80 Å². The number of urea groups is 1. The molecule has 0 heterocycles. The van der Waals surface area contributed by atoms with Crippen molar-refractivity contribution in [3.8, 4) is 6.07 Å². The number of carboxylic acid groups (broad SMARTS) is 1. The van der Waals surface area contributed by atoms with Crippen LogP contribution in [0.4, 0.5) is 4.79 Å². The highest BCUT2D eigenvalue weighted by molar-refractivity contribution is 5.85. The van der Waals surface area contributed by atoms with E-state index < -0.39 is 11.5 Å². The molecule has 6 nitrogen and oxygen atoms in total. The van der Waals surface area contributed by atoms with Crippen molar-refractivity contribution in [2.75, 3.05) is 19.6 Å². The molecular weight excluding hydrogens is 234 g/mol. The predicted molar refractivity (Wildman–Crippen MR) is 67.0 cm³/mol. The lowest BCUT2D eigenvalue weighted by molar-refractivity contribution is -0.147. The summed E-state index contributed by atoms with van der Waals surface area (Å²) in [6, 6.07) is 1.59. The maximum absolute atomic E-state index is 12.2. The first-order valence-electron chi connectivity index (χ1n) is 5.99. The summed E-state index contributed by atoms with van der Waals surface area (Å²) in [4.78, 5) is 26.3. The van der Waals surface area contributed by atoms with Crippen molar-refractivity contribution in [1.29, 1.82) is 5.26 Å². The molecule has 0 radical (unpaired) electrons. The van der Waals surface area contributed by atoms with Crippen LogP contribution in [-0.4, -0.2) is 52.1 Å². The minimum Gasteiger partial charge on any atom is -0.480 e. The zero-order valence-electron chi connectivity index (χ0n) is 11.4. The zero-order chi connectivity index (χ0) is 14.3. The van der Waals surface area contributed by atoms with Gasteiger partial charge in [-0.3, -0.25) is 0 Å². The van der Waals surface area contributed by atoms with Gasteiger partial charge in [-0.05, 0) is 27.7 Å². The van der Waals surface area contributed by atoms with E-state index in [1.807, 2.05) is 19.9 Å². The van der Waals surface area contributed by atoms with E-state index in [-0.39, 0.29) is 19.0 Å². The van der Waals surface area contributed by atoms with E-state index in [1.165, 1.54) is 18.7 Å². The summed E-state index contributed by atoms with van der Waals surface area (Å²) in [5.74, 6) is -1.08. The summed E-state index contributed by atoms with van der Waals surface area (Å²) < 4.78 is 0. The highest BCUT2D eigenvalue weighted by Gasteiger charge is 2.38. The van der Waals surface area contributed by atoms with Crippen LogP contribution in [0, 0.1) is 11.3 Å². The molecule has 6 heteroatoms. The average molecular weight is 255 g/mol. The van der Waals surface area contributed by atoms with Crippen LogP contribution in [0.5, 0.6) is 0 Å². The summed E-state index contributed by atoms with van der Waals surface area (Å²) in [7, 11) is 0. The Morgan fingerprint density at radius 1 is 1.28 bits per heavy atom. The molecule has 0 rings (SSSR count). The number of nitriles is 1. The third-order valence-corrected chi connectivity index (χ3v) is 2.91. The highest BCUT2D eigenvalue weighted by Crippen LogP contribution is 2.17. The molecule has 0 aliphatic heterocycles. The molecule has 0 aromatic carbocycles. The molecule has 0 saturated heterocycles. The first-order valence-corrected chi connectivity index (χ1v) is 5.99. The Morgan fingerprint density at radius 3 is 2.11 bits per heavy atom. The molecular formula is C12H21N3O3. The third-order valence-electron chi connectivity index (χ3n) is 2.91. The lowest BCUT2D eigenvalue weighted by atomic mass is 10.0. The highest BCUT2D eigenvalue weighted by atomic mass is 16.4. The standard InChI is InChI=1S/C12H21N3O3/c1-5-14(6-2)11(18)15(9-7-8-13)12(3,4)10(16)17/h5-7,9H2,1-4H3,(H,16,17). The molecule has 102 valence electrons. The normalized spacial score (nSPS) is 10.6. The zero-order valence-corrected chi connectivity index (χ0v) is 11.4. The van der Waals surface area contributed by atoms with Crippen LogP contribution in [0.25, 0.3) is 0 Å². The van der Waals surface area contributed by atoms with Crippen molar-refractivity contribution < 1.29 is 14.7 Å².